The normalized spacial score (nSPS) is 9.40. The second kappa shape index (κ2) is 2.60. The van der Waals surface area contributed by atoms with Crippen LogP contribution in [0.3, 0.4) is 0 Å². The topological polar surface area (TPSA) is 17.1 Å². The van der Waals surface area contributed by atoms with Gasteiger partial charge < -0.3 is 0 Å². The van der Waals surface area contributed by atoms with Crippen LogP contribution < -0.4 is 0 Å². The van der Waals surface area contributed by atoms with E-state index >= 15 is 0 Å². The van der Waals surface area contributed by atoms with Gasteiger partial charge in [0.05, 0.1) is 0 Å². The molecule has 0 atom stereocenters. The summed E-state index contributed by atoms with van der Waals surface area (Å²) >= 11 is 0. The van der Waals surface area contributed by atoms with Crippen LogP contribution in [0, 0.1) is 11.9 Å². The maximum Gasteiger partial charge on any atom is 0.159 e. The second-order valence-electron chi connectivity index (χ2n) is 1.98. The van der Waals surface area contributed by atoms with Gasteiger partial charge in [0.25, 0.3) is 0 Å². The third-order valence-corrected chi connectivity index (χ3v) is 1.17. The molecule has 0 fully saturated rings. The summed E-state index contributed by atoms with van der Waals surface area (Å²) in [5.74, 6) is -0.624. The molecule has 0 bridgehead atoms. The maximum atomic E-state index is 12.3. The van der Waals surface area contributed by atoms with Crippen molar-refractivity contribution in [3.05, 3.63) is 35.6 Å². The van der Waals surface area contributed by atoms with Crippen LogP contribution in [-0.4, -0.2) is 5.78 Å². The molecule has 0 aromatic heterocycles. The summed E-state index contributed by atoms with van der Waals surface area (Å²) < 4.78 is 12.3. The minimum absolute atomic E-state index is 0.132. The fraction of sp³-hybridized carbons (Fsp3) is 0.125. The Bertz CT molecular complexity index is 255. The first-order chi connectivity index (χ1) is 4.70. The van der Waals surface area contributed by atoms with Crippen LogP contribution in [0.1, 0.15) is 17.3 Å². The van der Waals surface area contributed by atoms with E-state index in [1.54, 1.807) is 0 Å². The van der Waals surface area contributed by atoms with Crippen LogP contribution in [0.15, 0.2) is 18.2 Å². The van der Waals surface area contributed by atoms with E-state index in [1.807, 2.05) is 0 Å². The fourth-order valence-electron chi connectivity index (χ4n) is 0.656. The number of hydrogen-bond donors (Lipinski definition) is 0. The van der Waals surface area contributed by atoms with Crippen molar-refractivity contribution in [1.29, 1.82) is 0 Å². The third-order valence-electron chi connectivity index (χ3n) is 1.17. The Kier molecular flexibility index (Phi) is 1.81. The number of hydrogen-bond acceptors (Lipinski definition) is 1. The van der Waals surface area contributed by atoms with Gasteiger partial charge in [-0.25, -0.2) is 4.39 Å². The van der Waals surface area contributed by atoms with Gasteiger partial charge in [-0.2, -0.15) is 0 Å². The molecule has 0 aliphatic carbocycles. The Labute approximate surface area is 58.5 Å². The van der Waals surface area contributed by atoms with Crippen LogP contribution in [0.4, 0.5) is 4.39 Å². The third kappa shape index (κ3) is 1.41. The SMILES string of the molecule is CC(=O)c1cc[c]c(F)c1. The first-order valence-electron chi connectivity index (χ1n) is 2.88. The first kappa shape index (κ1) is 6.93. The van der Waals surface area contributed by atoms with E-state index in [4.69, 9.17) is 0 Å². The predicted octanol–water partition coefficient (Wildman–Crippen LogP) is 1.83. The summed E-state index contributed by atoms with van der Waals surface area (Å²) in [4.78, 5) is 10.6. The van der Waals surface area contributed by atoms with Crippen molar-refractivity contribution in [3.8, 4) is 0 Å². The number of benzene rings is 1. The Hall–Kier alpha value is -1.18. The zero-order valence-electron chi connectivity index (χ0n) is 5.52. The molecule has 0 N–H and O–H groups in total. The molecule has 2 heteroatoms. The van der Waals surface area contributed by atoms with Crippen LogP contribution in [-0.2, 0) is 0 Å². The highest BCUT2D eigenvalue weighted by Crippen LogP contribution is 2.02. The molecule has 1 nitrogen and oxygen atoms in total. The minimum atomic E-state index is -0.493. The smallest absolute Gasteiger partial charge is 0.159 e. The molecule has 0 aliphatic heterocycles. The van der Waals surface area contributed by atoms with Gasteiger partial charge in [0.1, 0.15) is 5.82 Å². The average Bonchev–Trinajstić information content (AvgIpc) is 1.88. The lowest BCUT2D eigenvalue weighted by Crippen LogP contribution is -1.91. The van der Waals surface area contributed by atoms with E-state index in [0.717, 1.165) is 0 Å². The first-order valence-corrected chi connectivity index (χ1v) is 2.88. The quantitative estimate of drug-likeness (QED) is 0.539. The van der Waals surface area contributed by atoms with Crippen molar-refractivity contribution in [2.75, 3.05) is 0 Å². The maximum absolute atomic E-state index is 12.3. The highest BCUT2D eigenvalue weighted by molar-refractivity contribution is 5.93. The lowest BCUT2D eigenvalue weighted by atomic mass is 10.1. The standard InChI is InChI=1S/C8H6FO/c1-6(10)7-3-2-4-8(9)5-7/h2-3,5H,1H3. The summed E-state index contributed by atoms with van der Waals surface area (Å²) in [7, 11) is 0. The zero-order valence-corrected chi connectivity index (χ0v) is 5.52. The van der Waals surface area contributed by atoms with Crippen LogP contribution >= 0.6 is 0 Å². The Balaban J connectivity index is 3.07. The summed E-state index contributed by atoms with van der Waals surface area (Å²) in [5, 5.41) is 0. The molecule has 51 valence electrons. The van der Waals surface area contributed by atoms with Gasteiger partial charge in [0.15, 0.2) is 5.78 Å². The van der Waals surface area contributed by atoms with E-state index in [0.29, 0.717) is 5.56 Å². The lowest BCUT2D eigenvalue weighted by molar-refractivity contribution is 0.101. The van der Waals surface area contributed by atoms with Crippen molar-refractivity contribution in [1.82, 2.24) is 0 Å². The van der Waals surface area contributed by atoms with Crippen LogP contribution in [0.2, 0.25) is 0 Å². The fourth-order valence-corrected chi connectivity index (χ4v) is 0.656. The van der Waals surface area contributed by atoms with E-state index < -0.39 is 5.82 Å². The highest BCUT2D eigenvalue weighted by Gasteiger charge is 1.98. The largest absolute Gasteiger partial charge is 0.295 e. The zero-order chi connectivity index (χ0) is 7.56. The van der Waals surface area contributed by atoms with E-state index in [-0.39, 0.29) is 5.78 Å². The highest BCUT2D eigenvalue weighted by atomic mass is 19.1. The Morgan fingerprint density at radius 1 is 1.70 bits per heavy atom. The summed E-state index contributed by atoms with van der Waals surface area (Å²) in [6.45, 7) is 1.40. The van der Waals surface area contributed by atoms with Crippen molar-refractivity contribution < 1.29 is 9.18 Å². The van der Waals surface area contributed by atoms with Gasteiger partial charge in [-0.15, -0.1) is 0 Å². The molecule has 0 saturated carbocycles. The number of carbonyl (C=O) groups is 1. The van der Waals surface area contributed by atoms with Crippen LogP contribution in [0.5, 0.6) is 0 Å². The molecule has 10 heavy (non-hydrogen) atoms. The molecule has 0 spiro atoms. The van der Waals surface area contributed by atoms with Gasteiger partial charge in [-0.3, -0.25) is 4.79 Å². The van der Waals surface area contributed by atoms with Crippen molar-refractivity contribution in [2.24, 2.45) is 0 Å². The average molecular weight is 137 g/mol. The molecular weight excluding hydrogens is 131 g/mol. The van der Waals surface area contributed by atoms with Crippen molar-refractivity contribution in [2.45, 2.75) is 6.92 Å². The summed E-state index contributed by atoms with van der Waals surface area (Å²) in [6.07, 6.45) is 0. The van der Waals surface area contributed by atoms with Gasteiger partial charge >= 0.3 is 0 Å². The molecule has 0 saturated heterocycles. The number of halogens is 1. The van der Waals surface area contributed by atoms with E-state index in [1.165, 1.54) is 25.1 Å². The predicted molar refractivity (Wildman–Crippen MR) is 35.2 cm³/mol. The lowest BCUT2D eigenvalue weighted by Gasteiger charge is -1.91. The monoisotopic (exact) mass is 137 g/mol. The van der Waals surface area contributed by atoms with E-state index in [2.05, 4.69) is 6.07 Å². The molecular formula is C8H6FO. The second-order valence-corrected chi connectivity index (χ2v) is 1.98. The Morgan fingerprint density at radius 2 is 2.40 bits per heavy atom. The number of carbonyl (C=O) groups excluding carboxylic acids is 1. The molecule has 1 rings (SSSR count). The molecule has 0 amide bonds. The van der Waals surface area contributed by atoms with Gasteiger partial charge in [-0.05, 0) is 13.0 Å². The van der Waals surface area contributed by atoms with E-state index in [9.17, 15) is 9.18 Å². The molecule has 1 radical (unpaired) electrons. The van der Waals surface area contributed by atoms with Gasteiger partial charge in [0, 0.05) is 11.6 Å². The molecule has 1 aromatic carbocycles. The summed E-state index contributed by atoms with van der Waals surface area (Å²) in [6, 6.07) is 6.40. The minimum Gasteiger partial charge on any atom is -0.295 e. The molecule has 0 aliphatic rings. The van der Waals surface area contributed by atoms with Gasteiger partial charge in [0.2, 0.25) is 0 Å². The van der Waals surface area contributed by atoms with Gasteiger partial charge in [-0.1, -0.05) is 12.1 Å². The van der Waals surface area contributed by atoms with Crippen molar-refractivity contribution in [3.63, 3.8) is 0 Å². The van der Waals surface area contributed by atoms with Crippen molar-refractivity contribution >= 4 is 5.78 Å². The molecule has 0 heterocycles. The van der Waals surface area contributed by atoms with Crippen LogP contribution in [0.25, 0.3) is 0 Å². The number of ketones is 1. The number of Topliss-reactive ketones (excluding diaryl/α,β-unsaturated/α-hetero) is 1. The summed E-state index contributed by atoms with van der Waals surface area (Å²) in [5.41, 5.74) is 0.385. The Morgan fingerprint density at radius 3 is 2.80 bits per heavy atom. The molecule has 1 aromatic rings. The number of rotatable bonds is 1. The molecule has 0 unspecified atom stereocenters.